The van der Waals surface area contributed by atoms with Crippen molar-refractivity contribution in [3.8, 4) is 0 Å². The summed E-state index contributed by atoms with van der Waals surface area (Å²) in [6.07, 6.45) is 4.26. The number of carbonyl (C=O) groups is 2. The van der Waals surface area contributed by atoms with Gasteiger partial charge in [-0.1, -0.05) is 25.8 Å². The van der Waals surface area contributed by atoms with E-state index in [2.05, 4.69) is 12.2 Å². The summed E-state index contributed by atoms with van der Waals surface area (Å²) in [4.78, 5) is 24.7. The largest absolute Gasteiger partial charge is 0.452 e. The van der Waals surface area contributed by atoms with E-state index in [1.54, 1.807) is 13.0 Å². The van der Waals surface area contributed by atoms with Crippen LogP contribution in [0, 0.1) is 12.8 Å². The van der Waals surface area contributed by atoms with Gasteiger partial charge in [0.25, 0.3) is 5.91 Å². The highest BCUT2D eigenvalue weighted by molar-refractivity contribution is 7.89. The van der Waals surface area contributed by atoms with Crippen molar-refractivity contribution in [2.45, 2.75) is 50.5 Å². The fraction of sp³-hybridized carbons (Fsp3) is 0.619. The van der Waals surface area contributed by atoms with Crippen molar-refractivity contribution >= 4 is 21.9 Å². The number of carbonyl (C=O) groups excluding carboxylic acids is 2. The average molecular weight is 439 g/mol. The molecule has 0 bridgehead atoms. The molecular formula is C21H30N2O6S. The van der Waals surface area contributed by atoms with E-state index >= 15 is 0 Å². The number of amides is 1. The first kappa shape index (κ1) is 22.7. The second-order valence-corrected chi connectivity index (χ2v) is 9.91. The maximum absolute atomic E-state index is 13.0. The van der Waals surface area contributed by atoms with Gasteiger partial charge in [-0.05, 0) is 43.4 Å². The lowest BCUT2D eigenvalue weighted by Gasteiger charge is -2.29. The molecule has 3 rings (SSSR count). The van der Waals surface area contributed by atoms with Gasteiger partial charge in [-0.25, -0.2) is 13.2 Å². The van der Waals surface area contributed by atoms with Gasteiger partial charge in [-0.3, -0.25) is 4.79 Å². The highest BCUT2D eigenvalue weighted by atomic mass is 32.2. The van der Waals surface area contributed by atoms with E-state index in [0.29, 0.717) is 24.7 Å². The van der Waals surface area contributed by atoms with E-state index in [4.69, 9.17) is 9.47 Å². The van der Waals surface area contributed by atoms with Gasteiger partial charge in [0, 0.05) is 19.1 Å². The van der Waals surface area contributed by atoms with Gasteiger partial charge in [-0.2, -0.15) is 4.31 Å². The fourth-order valence-corrected chi connectivity index (χ4v) is 5.58. The minimum atomic E-state index is -3.74. The Morgan fingerprint density at radius 2 is 1.90 bits per heavy atom. The summed E-state index contributed by atoms with van der Waals surface area (Å²) in [5, 5.41) is 2.93. The van der Waals surface area contributed by atoms with Gasteiger partial charge in [0.15, 0.2) is 6.61 Å². The van der Waals surface area contributed by atoms with E-state index in [1.165, 1.54) is 22.9 Å². The number of hydrogen-bond donors (Lipinski definition) is 1. The molecule has 1 heterocycles. The van der Waals surface area contributed by atoms with Crippen LogP contribution in [0.15, 0.2) is 23.1 Å². The van der Waals surface area contributed by atoms with Crippen LogP contribution in [0.1, 0.15) is 48.5 Å². The molecule has 1 saturated heterocycles. The third kappa shape index (κ3) is 5.39. The van der Waals surface area contributed by atoms with Crippen LogP contribution < -0.4 is 5.32 Å². The Morgan fingerprint density at radius 3 is 2.60 bits per heavy atom. The van der Waals surface area contributed by atoms with Crippen LogP contribution >= 0.6 is 0 Å². The summed E-state index contributed by atoms with van der Waals surface area (Å²) >= 11 is 0. The number of benzene rings is 1. The fourth-order valence-electron chi connectivity index (χ4n) is 3.92. The molecule has 1 aliphatic heterocycles. The third-order valence-electron chi connectivity index (χ3n) is 5.80. The number of nitrogens with zero attached hydrogens (tertiary/aromatic N) is 1. The molecule has 1 saturated carbocycles. The first-order chi connectivity index (χ1) is 14.3. The Kier molecular flexibility index (Phi) is 7.49. The third-order valence-corrected chi connectivity index (χ3v) is 7.84. The molecule has 1 amide bonds. The molecule has 0 spiro atoms. The molecule has 2 atom stereocenters. The Balaban J connectivity index is 1.63. The molecular weight excluding hydrogens is 408 g/mol. The molecule has 2 aliphatic rings. The van der Waals surface area contributed by atoms with Crippen LogP contribution in [0.3, 0.4) is 0 Å². The topological polar surface area (TPSA) is 102 Å². The SMILES string of the molecule is Cc1ccc(C(=O)OCC(=O)NC2CCCCC2C)cc1S(=O)(=O)N1CCOCC1. The Labute approximate surface area is 178 Å². The molecule has 2 fully saturated rings. The lowest BCUT2D eigenvalue weighted by atomic mass is 9.86. The van der Waals surface area contributed by atoms with E-state index < -0.39 is 16.0 Å². The minimum absolute atomic E-state index is 0.0688. The van der Waals surface area contributed by atoms with Crippen molar-refractivity contribution in [3.05, 3.63) is 29.3 Å². The molecule has 0 radical (unpaired) electrons. The highest BCUT2D eigenvalue weighted by Gasteiger charge is 2.29. The van der Waals surface area contributed by atoms with E-state index in [0.717, 1.165) is 19.3 Å². The van der Waals surface area contributed by atoms with Crippen LogP contribution in [0.4, 0.5) is 0 Å². The Hall–Kier alpha value is -1.97. The zero-order valence-electron chi connectivity index (χ0n) is 17.6. The molecule has 0 aromatic heterocycles. The quantitative estimate of drug-likeness (QED) is 0.681. The van der Waals surface area contributed by atoms with E-state index in [1.807, 2.05) is 0 Å². The van der Waals surface area contributed by atoms with Crippen LogP contribution in [0.25, 0.3) is 0 Å². The summed E-state index contributed by atoms with van der Waals surface area (Å²) in [6.45, 7) is 4.64. The second kappa shape index (κ2) is 9.89. The van der Waals surface area contributed by atoms with Gasteiger partial charge in [0.1, 0.15) is 0 Å². The highest BCUT2D eigenvalue weighted by Crippen LogP contribution is 2.24. The number of sulfonamides is 1. The van der Waals surface area contributed by atoms with Crippen molar-refractivity contribution < 1.29 is 27.5 Å². The zero-order chi connectivity index (χ0) is 21.7. The van der Waals surface area contributed by atoms with Crippen molar-refractivity contribution in [1.82, 2.24) is 9.62 Å². The zero-order valence-corrected chi connectivity index (χ0v) is 18.4. The Bertz CT molecular complexity index is 879. The smallest absolute Gasteiger partial charge is 0.338 e. The summed E-state index contributed by atoms with van der Waals surface area (Å²) in [5.74, 6) is -0.654. The standard InChI is InChI=1S/C21H30N2O6S/c1-15-5-3-4-6-18(15)22-20(24)14-29-21(25)17-8-7-16(2)19(13-17)30(26,27)23-9-11-28-12-10-23/h7-8,13,15,18H,3-6,9-12,14H2,1-2H3,(H,22,24). The van der Waals surface area contributed by atoms with Crippen molar-refractivity contribution in [2.24, 2.45) is 5.92 Å². The van der Waals surface area contributed by atoms with Crippen LogP contribution in [0.2, 0.25) is 0 Å². The van der Waals surface area contributed by atoms with Crippen LogP contribution in [-0.2, 0) is 24.3 Å². The van der Waals surface area contributed by atoms with Crippen molar-refractivity contribution in [2.75, 3.05) is 32.9 Å². The maximum Gasteiger partial charge on any atom is 0.338 e. The molecule has 1 aliphatic carbocycles. The first-order valence-electron chi connectivity index (χ1n) is 10.4. The molecule has 1 aromatic carbocycles. The molecule has 1 aromatic rings. The summed E-state index contributed by atoms with van der Waals surface area (Å²) in [6, 6.07) is 4.52. The monoisotopic (exact) mass is 438 g/mol. The lowest BCUT2D eigenvalue weighted by Crippen LogP contribution is -2.42. The number of aryl methyl sites for hydroxylation is 1. The van der Waals surface area contributed by atoms with Gasteiger partial charge < -0.3 is 14.8 Å². The number of esters is 1. The van der Waals surface area contributed by atoms with E-state index in [9.17, 15) is 18.0 Å². The van der Waals surface area contributed by atoms with Crippen LogP contribution in [-0.4, -0.2) is 63.6 Å². The van der Waals surface area contributed by atoms with Crippen molar-refractivity contribution in [3.63, 3.8) is 0 Å². The normalized spacial score (nSPS) is 23.0. The van der Waals surface area contributed by atoms with Crippen molar-refractivity contribution in [1.29, 1.82) is 0 Å². The second-order valence-electron chi connectivity index (χ2n) is 8.01. The van der Waals surface area contributed by atoms with Gasteiger partial charge in [0.2, 0.25) is 10.0 Å². The number of nitrogens with one attached hydrogen (secondary N) is 1. The number of hydrogen-bond acceptors (Lipinski definition) is 6. The van der Waals surface area contributed by atoms with Crippen LogP contribution in [0.5, 0.6) is 0 Å². The Morgan fingerprint density at radius 1 is 1.20 bits per heavy atom. The average Bonchev–Trinajstić information content (AvgIpc) is 2.74. The van der Waals surface area contributed by atoms with Gasteiger partial charge >= 0.3 is 5.97 Å². The predicted molar refractivity (Wildman–Crippen MR) is 111 cm³/mol. The molecule has 30 heavy (non-hydrogen) atoms. The molecule has 166 valence electrons. The predicted octanol–water partition coefficient (Wildman–Crippen LogP) is 1.87. The van der Waals surface area contributed by atoms with Gasteiger partial charge in [-0.15, -0.1) is 0 Å². The van der Waals surface area contributed by atoms with E-state index in [-0.39, 0.29) is 42.1 Å². The molecule has 2 unspecified atom stereocenters. The van der Waals surface area contributed by atoms with Gasteiger partial charge in [0.05, 0.1) is 23.7 Å². The molecule has 1 N–H and O–H groups in total. The summed E-state index contributed by atoms with van der Waals surface area (Å²) in [7, 11) is -3.74. The number of rotatable bonds is 6. The summed E-state index contributed by atoms with van der Waals surface area (Å²) < 4.78 is 37.6. The number of morpholine rings is 1. The number of ether oxygens (including phenoxy) is 2. The summed E-state index contributed by atoms with van der Waals surface area (Å²) in [5.41, 5.74) is 0.647. The maximum atomic E-state index is 13.0. The first-order valence-corrected chi connectivity index (χ1v) is 11.9. The molecule has 8 nitrogen and oxygen atoms in total. The molecule has 9 heteroatoms. The lowest BCUT2D eigenvalue weighted by molar-refractivity contribution is -0.125. The minimum Gasteiger partial charge on any atom is -0.452 e.